The van der Waals surface area contributed by atoms with Crippen LogP contribution in [0.25, 0.3) is 0 Å². The Morgan fingerprint density at radius 2 is 1.83 bits per heavy atom. The van der Waals surface area contributed by atoms with Crippen molar-refractivity contribution in [2.24, 2.45) is 0 Å². The van der Waals surface area contributed by atoms with Gasteiger partial charge in [-0.3, -0.25) is 9.59 Å². The molecule has 0 fully saturated rings. The highest BCUT2D eigenvalue weighted by Gasteiger charge is 2.23. The van der Waals surface area contributed by atoms with Gasteiger partial charge in [-0.2, -0.15) is 0 Å². The third-order valence-electron chi connectivity index (χ3n) is 5.07. The summed E-state index contributed by atoms with van der Waals surface area (Å²) in [4.78, 5) is 32.7. The summed E-state index contributed by atoms with van der Waals surface area (Å²) in [5.74, 6) is -1.32. The number of nitrogens with zero attached hydrogens (tertiary/aromatic N) is 2. The number of benzene rings is 2. The molecule has 1 atom stereocenters. The average Bonchev–Trinajstić information content (AvgIpc) is 3.06. The zero-order valence-electron chi connectivity index (χ0n) is 17.6. The van der Waals surface area contributed by atoms with Crippen LogP contribution in [-0.2, 0) is 0 Å². The van der Waals surface area contributed by atoms with Crippen LogP contribution in [0.4, 0.5) is 10.1 Å². The molecule has 30 heavy (non-hydrogen) atoms. The number of amides is 2. The summed E-state index contributed by atoms with van der Waals surface area (Å²) in [7, 11) is 1.75. The molecule has 5 nitrogen and oxygen atoms in total. The maximum Gasteiger partial charge on any atom is 0.258 e. The number of thiazole rings is 1. The van der Waals surface area contributed by atoms with Crippen molar-refractivity contribution in [3.05, 3.63) is 80.6 Å². The summed E-state index contributed by atoms with van der Waals surface area (Å²) in [6, 6.07) is 10.8. The quantitative estimate of drug-likeness (QED) is 0.604. The smallest absolute Gasteiger partial charge is 0.258 e. The molecule has 0 saturated carbocycles. The summed E-state index contributed by atoms with van der Waals surface area (Å²) < 4.78 is 13.9. The van der Waals surface area contributed by atoms with Crippen molar-refractivity contribution in [3.63, 3.8) is 0 Å². The number of carbonyl (C=O) groups is 2. The molecule has 2 aromatic carbocycles. The minimum absolute atomic E-state index is 0.0459. The first-order valence-electron chi connectivity index (χ1n) is 9.56. The Labute approximate surface area is 179 Å². The molecule has 1 N–H and O–H groups in total. The van der Waals surface area contributed by atoms with Gasteiger partial charge in [0.05, 0.1) is 22.3 Å². The number of nitrogens with one attached hydrogen (secondary N) is 1. The summed E-state index contributed by atoms with van der Waals surface area (Å²) in [5, 5.41) is 3.68. The summed E-state index contributed by atoms with van der Waals surface area (Å²) in [6.07, 6.45) is 0. The molecule has 156 valence electrons. The van der Waals surface area contributed by atoms with Gasteiger partial charge in [0.25, 0.3) is 11.8 Å². The molecule has 0 spiro atoms. The number of anilines is 1. The van der Waals surface area contributed by atoms with E-state index in [9.17, 15) is 14.0 Å². The van der Waals surface area contributed by atoms with Crippen LogP contribution in [0, 0.1) is 26.6 Å². The number of aromatic nitrogens is 1. The first-order valence-corrected chi connectivity index (χ1v) is 10.4. The van der Waals surface area contributed by atoms with E-state index in [2.05, 4.69) is 10.3 Å². The van der Waals surface area contributed by atoms with Crippen LogP contribution in [-0.4, -0.2) is 28.7 Å². The molecule has 1 heterocycles. The zero-order valence-corrected chi connectivity index (χ0v) is 18.4. The topological polar surface area (TPSA) is 62.3 Å². The lowest BCUT2D eigenvalue weighted by atomic mass is 10.1. The summed E-state index contributed by atoms with van der Waals surface area (Å²) >= 11 is 1.58. The number of hydrogen-bond acceptors (Lipinski definition) is 4. The summed E-state index contributed by atoms with van der Waals surface area (Å²) in [6.45, 7) is 7.67. The summed E-state index contributed by atoms with van der Waals surface area (Å²) in [5.41, 5.74) is 2.57. The van der Waals surface area contributed by atoms with Gasteiger partial charge in [-0.05, 0) is 57.5 Å². The van der Waals surface area contributed by atoms with E-state index in [-0.39, 0.29) is 17.5 Å². The van der Waals surface area contributed by atoms with Crippen LogP contribution in [0.2, 0.25) is 0 Å². The molecule has 2 amide bonds. The number of carbonyl (C=O) groups excluding carboxylic acids is 2. The molecule has 3 rings (SSSR count). The van der Waals surface area contributed by atoms with Gasteiger partial charge in [-0.25, -0.2) is 9.37 Å². The van der Waals surface area contributed by atoms with E-state index in [1.807, 2.05) is 27.7 Å². The van der Waals surface area contributed by atoms with Crippen LogP contribution in [0.3, 0.4) is 0 Å². The molecule has 0 saturated heterocycles. The molecule has 0 aliphatic carbocycles. The monoisotopic (exact) mass is 425 g/mol. The molecule has 7 heteroatoms. The van der Waals surface area contributed by atoms with Crippen LogP contribution >= 0.6 is 11.3 Å². The van der Waals surface area contributed by atoms with Crippen LogP contribution in [0.1, 0.15) is 54.8 Å². The van der Waals surface area contributed by atoms with E-state index in [1.54, 1.807) is 47.5 Å². The number of rotatable bonds is 5. The molecule has 0 aliphatic rings. The lowest BCUT2D eigenvalue weighted by molar-refractivity contribution is 0.0744. The Morgan fingerprint density at radius 1 is 1.13 bits per heavy atom. The van der Waals surface area contributed by atoms with E-state index >= 15 is 0 Å². The fourth-order valence-electron chi connectivity index (χ4n) is 3.21. The third-order valence-corrected chi connectivity index (χ3v) is 6.31. The molecule has 0 radical (unpaired) electrons. The van der Waals surface area contributed by atoms with E-state index in [4.69, 9.17) is 0 Å². The molecular weight excluding hydrogens is 401 g/mol. The first-order chi connectivity index (χ1) is 14.2. The second-order valence-electron chi connectivity index (χ2n) is 7.24. The second-order valence-corrected chi connectivity index (χ2v) is 8.47. The van der Waals surface area contributed by atoms with Gasteiger partial charge in [0.2, 0.25) is 0 Å². The van der Waals surface area contributed by atoms with Gasteiger partial charge in [0.15, 0.2) is 0 Å². The lowest BCUT2D eigenvalue weighted by Gasteiger charge is -2.25. The number of aryl methyl sites for hydroxylation is 3. The first kappa shape index (κ1) is 21.6. The van der Waals surface area contributed by atoms with Gasteiger partial charge in [-0.1, -0.05) is 18.2 Å². The molecule has 1 unspecified atom stereocenters. The predicted molar refractivity (Wildman–Crippen MR) is 118 cm³/mol. The fourth-order valence-corrected chi connectivity index (χ4v) is 4.24. The van der Waals surface area contributed by atoms with Crippen molar-refractivity contribution in [3.8, 4) is 0 Å². The van der Waals surface area contributed by atoms with Crippen molar-refractivity contribution in [1.82, 2.24) is 9.88 Å². The van der Waals surface area contributed by atoms with Gasteiger partial charge < -0.3 is 10.2 Å². The van der Waals surface area contributed by atoms with E-state index in [1.165, 1.54) is 18.2 Å². The normalized spacial score (nSPS) is 11.8. The van der Waals surface area contributed by atoms with E-state index in [0.29, 0.717) is 11.3 Å². The van der Waals surface area contributed by atoms with E-state index in [0.717, 1.165) is 21.1 Å². The van der Waals surface area contributed by atoms with E-state index < -0.39 is 11.7 Å². The average molecular weight is 426 g/mol. The minimum atomic E-state index is -0.594. The van der Waals surface area contributed by atoms with Gasteiger partial charge in [-0.15, -0.1) is 11.3 Å². The number of halogens is 1. The largest absolute Gasteiger partial charge is 0.334 e. The van der Waals surface area contributed by atoms with Gasteiger partial charge in [0.1, 0.15) is 5.82 Å². The van der Waals surface area contributed by atoms with Crippen molar-refractivity contribution in [2.75, 3.05) is 12.4 Å². The maximum atomic E-state index is 13.9. The Balaban J connectivity index is 1.83. The Kier molecular flexibility index (Phi) is 6.31. The maximum absolute atomic E-state index is 13.9. The Morgan fingerprint density at radius 3 is 2.47 bits per heavy atom. The van der Waals surface area contributed by atoms with Crippen molar-refractivity contribution in [2.45, 2.75) is 33.7 Å². The molecule has 1 aromatic heterocycles. The lowest BCUT2D eigenvalue weighted by Crippen LogP contribution is -2.29. The van der Waals surface area contributed by atoms with Crippen LogP contribution in [0.15, 0.2) is 42.5 Å². The van der Waals surface area contributed by atoms with Crippen molar-refractivity contribution in [1.29, 1.82) is 0 Å². The fraction of sp³-hybridized carbons (Fsp3) is 0.261. The Bertz CT molecular complexity index is 1110. The Hall–Kier alpha value is -3.06. The van der Waals surface area contributed by atoms with Crippen LogP contribution in [0.5, 0.6) is 0 Å². The highest BCUT2D eigenvalue weighted by Crippen LogP contribution is 2.29. The zero-order chi connectivity index (χ0) is 22.0. The predicted octanol–water partition coefficient (Wildman–Crippen LogP) is 5.29. The second kappa shape index (κ2) is 8.75. The highest BCUT2D eigenvalue weighted by atomic mass is 32.1. The molecule has 0 aliphatic heterocycles. The van der Waals surface area contributed by atoms with Gasteiger partial charge >= 0.3 is 0 Å². The highest BCUT2D eigenvalue weighted by molar-refractivity contribution is 7.11. The van der Waals surface area contributed by atoms with Crippen molar-refractivity contribution >= 4 is 28.8 Å². The van der Waals surface area contributed by atoms with Gasteiger partial charge in [0, 0.05) is 23.2 Å². The standard InChI is InChI=1S/C23H24FN3O2S/c1-13-10-11-17(12-20(13)26-22(28)18-8-6-7-9-19(18)24)23(29)27(5)15(3)21-14(2)25-16(4)30-21/h6-12,15H,1-5H3,(H,26,28). The number of hydrogen-bond donors (Lipinski definition) is 1. The SMILES string of the molecule is Cc1nc(C)c(C(C)N(C)C(=O)c2ccc(C)c(NC(=O)c3ccccc3F)c2)s1. The minimum Gasteiger partial charge on any atom is -0.334 e. The molecular formula is C23H24FN3O2S. The van der Waals surface area contributed by atoms with Crippen molar-refractivity contribution < 1.29 is 14.0 Å². The molecule has 0 bridgehead atoms. The third kappa shape index (κ3) is 4.41. The molecule has 3 aromatic rings. The van der Waals surface area contributed by atoms with Crippen LogP contribution < -0.4 is 5.32 Å².